The molecule has 1 rings (SSSR count). The van der Waals surface area contributed by atoms with Crippen LogP contribution in [0.15, 0.2) is 24.3 Å². The molecule has 1 heteroatoms. The average molecular weight is 262 g/mol. The van der Waals surface area contributed by atoms with Crippen LogP contribution in [-0.2, 0) is 6.42 Å². The Morgan fingerprint density at radius 2 is 1.47 bits per heavy atom. The van der Waals surface area contributed by atoms with E-state index in [-0.39, 0.29) is 6.10 Å². The van der Waals surface area contributed by atoms with E-state index in [1.807, 2.05) is 0 Å². The van der Waals surface area contributed by atoms with Gasteiger partial charge in [-0.2, -0.15) is 0 Å². The summed E-state index contributed by atoms with van der Waals surface area (Å²) in [5.41, 5.74) is 2.45. The second kappa shape index (κ2) is 10.0. The van der Waals surface area contributed by atoms with Crippen LogP contribution >= 0.6 is 0 Å². The van der Waals surface area contributed by atoms with Crippen LogP contribution in [0.4, 0.5) is 0 Å². The zero-order valence-electron chi connectivity index (χ0n) is 12.7. The third-order valence-corrected chi connectivity index (χ3v) is 3.73. The van der Waals surface area contributed by atoms with Crippen LogP contribution in [-0.4, -0.2) is 5.11 Å². The van der Waals surface area contributed by atoms with Crippen molar-refractivity contribution in [2.75, 3.05) is 0 Å². The molecule has 108 valence electrons. The summed E-state index contributed by atoms with van der Waals surface area (Å²) in [5.74, 6) is 0. The first-order valence-corrected chi connectivity index (χ1v) is 8.04. The molecule has 1 aromatic rings. The molecule has 1 N–H and O–H groups in total. The first kappa shape index (κ1) is 16.2. The van der Waals surface area contributed by atoms with Crippen LogP contribution in [0.25, 0.3) is 0 Å². The second-order valence-corrected chi connectivity index (χ2v) is 5.56. The van der Waals surface area contributed by atoms with Crippen molar-refractivity contribution in [3.05, 3.63) is 35.4 Å². The number of hydrogen-bond donors (Lipinski definition) is 1. The van der Waals surface area contributed by atoms with Gasteiger partial charge in [-0.25, -0.2) is 0 Å². The number of aliphatic hydroxyl groups excluding tert-OH is 1. The van der Waals surface area contributed by atoms with E-state index in [4.69, 9.17) is 0 Å². The largest absolute Gasteiger partial charge is 0.388 e. The molecule has 0 saturated heterocycles. The summed E-state index contributed by atoms with van der Waals surface area (Å²) < 4.78 is 0. The van der Waals surface area contributed by atoms with Crippen LogP contribution in [0.3, 0.4) is 0 Å². The van der Waals surface area contributed by atoms with Gasteiger partial charge in [0.15, 0.2) is 0 Å². The summed E-state index contributed by atoms with van der Waals surface area (Å²) in [7, 11) is 0. The number of aryl methyl sites for hydroxylation is 1. The van der Waals surface area contributed by atoms with Gasteiger partial charge in [-0.15, -0.1) is 0 Å². The van der Waals surface area contributed by atoms with Crippen LogP contribution in [0.2, 0.25) is 0 Å². The summed E-state index contributed by atoms with van der Waals surface area (Å²) in [5, 5.41) is 10.1. The molecule has 0 aliphatic rings. The molecule has 0 saturated carbocycles. The van der Waals surface area contributed by atoms with E-state index in [2.05, 4.69) is 38.1 Å². The van der Waals surface area contributed by atoms with Crippen LogP contribution in [0, 0.1) is 0 Å². The smallest absolute Gasteiger partial charge is 0.0790 e. The van der Waals surface area contributed by atoms with Crippen LogP contribution < -0.4 is 0 Å². The van der Waals surface area contributed by atoms with Gasteiger partial charge in [0.25, 0.3) is 0 Å². The van der Waals surface area contributed by atoms with E-state index >= 15 is 0 Å². The Morgan fingerprint density at radius 1 is 0.842 bits per heavy atom. The minimum Gasteiger partial charge on any atom is -0.388 e. The Hall–Kier alpha value is -0.820. The zero-order valence-corrected chi connectivity index (χ0v) is 12.7. The fourth-order valence-corrected chi connectivity index (χ4v) is 2.48. The van der Waals surface area contributed by atoms with Gasteiger partial charge in [0, 0.05) is 0 Å². The van der Waals surface area contributed by atoms with Crippen molar-refractivity contribution in [2.45, 2.75) is 77.7 Å². The van der Waals surface area contributed by atoms with E-state index in [1.54, 1.807) is 0 Å². The maximum absolute atomic E-state index is 10.1. The molecule has 0 aliphatic carbocycles. The number of aliphatic hydroxyl groups is 1. The number of rotatable bonds is 10. The highest BCUT2D eigenvalue weighted by molar-refractivity contribution is 5.24. The van der Waals surface area contributed by atoms with E-state index in [0.29, 0.717) is 0 Å². The fourth-order valence-electron chi connectivity index (χ4n) is 2.48. The first-order chi connectivity index (χ1) is 9.27. The minimum atomic E-state index is -0.276. The quantitative estimate of drug-likeness (QED) is 0.558. The van der Waals surface area contributed by atoms with Gasteiger partial charge in [-0.05, 0) is 24.0 Å². The van der Waals surface area contributed by atoms with Crippen LogP contribution in [0.1, 0.15) is 82.4 Å². The Kier molecular flexibility index (Phi) is 8.57. The maximum Gasteiger partial charge on any atom is 0.0790 e. The highest BCUT2D eigenvalue weighted by Gasteiger charge is 2.06. The predicted molar refractivity (Wildman–Crippen MR) is 83.4 cm³/mol. The van der Waals surface area contributed by atoms with E-state index in [0.717, 1.165) is 24.8 Å². The molecule has 0 bridgehead atoms. The van der Waals surface area contributed by atoms with Gasteiger partial charge in [0.05, 0.1) is 6.10 Å². The SMILES string of the molecule is CCCCCCCCC(O)c1ccc(CCC)cc1. The standard InChI is InChI=1S/C18H30O/c1-3-5-6-7-8-9-11-18(19)17-14-12-16(10-4-2)13-15-17/h12-15,18-19H,3-11H2,1-2H3. The van der Waals surface area contributed by atoms with Crippen molar-refractivity contribution in [1.29, 1.82) is 0 Å². The Bertz CT molecular complexity index is 315. The molecular formula is C18H30O. The molecule has 0 aliphatic heterocycles. The van der Waals surface area contributed by atoms with Gasteiger partial charge in [0.1, 0.15) is 0 Å². The Labute approximate surface area is 119 Å². The predicted octanol–water partition coefficient (Wildman–Crippen LogP) is 5.42. The first-order valence-electron chi connectivity index (χ1n) is 8.04. The molecule has 19 heavy (non-hydrogen) atoms. The average Bonchev–Trinajstić information content (AvgIpc) is 2.43. The second-order valence-electron chi connectivity index (χ2n) is 5.56. The topological polar surface area (TPSA) is 20.2 Å². The normalized spacial score (nSPS) is 12.6. The molecule has 0 heterocycles. The third kappa shape index (κ3) is 6.77. The van der Waals surface area contributed by atoms with Gasteiger partial charge >= 0.3 is 0 Å². The minimum absolute atomic E-state index is 0.276. The summed E-state index contributed by atoms with van der Waals surface area (Å²) in [6, 6.07) is 8.49. The van der Waals surface area contributed by atoms with Crippen molar-refractivity contribution in [1.82, 2.24) is 0 Å². The number of benzene rings is 1. The molecule has 0 amide bonds. The lowest BCUT2D eigenvalue weighted by atomic mass is 10.00. The van der Waals surface area contributed by atoms with Crippen LogP contribution in [0.5, 0.6) is 0 Å². The molecule has 1 nitrogen and oxygen atoms in total. The molecule has 1 atom stereocenters. The third-order valence-electron chi connectivity index (χ3n) is 3.73. The van der Waals surface area contributed by atoms with Gasteiger partial charge in [-0.1, -0.05) is 83.1 Å². The molecule has 1 unspecified atom stereocenters. The molecule has 0 spiro atoms. The Morgan fingerprint density at radius 3 is 2.11 bits per heavy atom. The summed E-state index contributed by atoms with van der Waals surface area (Å²) >= 11 is 0. The van der Waals surface area contributed by atoms with Gasteiger partial charge in [-0.3, -0.25) is 0 Å². The van der Waals surface area contributed by atoms with Gasteiger partial charge < -0.3 is 5.11 Å². The number of hydrogen-bond acceptors (Lipinski definition) is 1. The molecule has 0 radical (unpaired) electrons. The van der Waals surface area contributed by atoms with E-state index < -0.39 is 0 Å². The fraction of sp³-hybridized carbons (Fsp3) is 0.667. The highest BCUT2D eigenvalue weighted by atomic mass is 16.3. The van der Waals surface area contributed by atoms with Crippen molar-refractivity contribution >= 4 is 0 Å². The summed E-state index contributed by atoms with van der Waals surface area (Å²) in [4.78, 5) is 0. The van der Waals surface area contributed by atoms with Crippen molar-refractivity contribution in [3.8, 4) is 0 Å². The Balaban J connectivity index is 2.23. The molecule has 0 aromatic heterocycles. The summed E-state index contributed by atoms with van der Waals surface area (Å²) in [6.07, 6.45) is 10.6. The van der Waals surface area contributed by atoms with Gasteiger partial charge in [0.2, 0.25) is 0 Å². The van der Waals surface area contributed by atoms with Crippen molar-refractivity contribution < 1.29 is 5.11 Å². The van der Waals surface area contributed by atoms with E-state index in [9.17, 15) is 5.11 Å². The van der Waals surface area contributed by atoms with Crippen molar-refractivity contribution in [2.24, 2.45) is 0 Å². The molecular weight excluding hydrogens is 232 g/mol. The lowest BCUT2D eigenvalue weighted by molar-refractivity contribution is 0.163. The maximum atomic E-state index is 10.1. The monoisotopic (exact) mass is 262 g/mol. The lowest BCUT2D eigenvalue weighted by Crippen LogP contribution is -1.98. The summed E-state index contributed by atoms with van der Waals surface area (Å²) in [6.45, 7) is 4.44. The number of unbranched alkanes of at least 4 members (excludes halogenated alkanes) is 5. The molecule has 0 fully saturated rings. The highest BCUT2D eigenvalue weighted by Crippen LogP contribution is 2.21. The molecule has 1 aromatic carbocycles. The lowest BCUT2D eigenvalue weighted by Gasteiger charge is -2.11. The zero-order chi connectivity index (χ0) is 13.9. The van der Waals surface area contributed by atoms with E-state index in [1.165, 1.54) is 44.1 Å². The van der Waals surface area contributed by atoms with Crippen molar-refractivity contribution in [3.63, 3.8) is 0 Å².